The molecule has 5 heteroatoms. The van der Waals surface area contributed by atoms with Crippen molar-refractivity contribution in [2.45, 2.75) is 44.0 Å². The van der Waals surface area contributed by atoms with Crippen LogP contribution in [0.5, 0.6) is 0 Å². The van der Waals surface area contributed by atoms with Crippen molar-refractivity contribution < 1.29 is 8.42 Å². The Bertz CT molecular complexity index is 557. The lowest BCUT2D eigenvalue weighted by Gasteiger charge is -2.33. The van der Waals surface area contributed by atoms with Crippen LogP contribution < -0.4 is 0 Å². The smallest absolute Gasteiger partial charge is 0.207 e. The second kappa shape index (κ2) is 5.94. The summed E-state index contributed by atoms with van der Waals surface area (Å²) in [6, 6.07) is 5.47. The Morgan fingerprint density at radius 1 is 1.26 bits per heavy atom. The van der Waals surface area contributed by atoms with E-state index < -0.39 is 10.0 Å². The molecule has 0 saturated carbocycles. The van der Waals surface area contributed by atoms with E-state index >= 15 is 0 Å². The van der Waals surface area contributed by atoms with Gasteiger partial charge in [-0.15, -0.1) is 0 Å². The number of aryl methyl sites for hydroxylation is 2. The van der Waals surface area contributed by atoms with Gasteiger partial charge in [0.25, 0.3) is 0 Å². The van der Waals surface area contributed by atoms with Crippen LogP contribution in [0.2, 0.25) is 0 Å². The average Bonchev–Trinajstić information content (AvgIpc) is 2.41. The quantitative estimate of drug-likeness (QED) is 0.788. The summed E-state index contributed by atoms with van der Waals surface area (Å²) < 4.78 is 27.1. The summed E-state index contributed by atoms with van der Waals surface area (Å²) in [4.78, 5) is 0.420. The van der Waals surface area contributed by atoms with Gasteiger partial charge in [0, 0.05) is 17.9 Å². The van der Waals surface area contributed by atoms with Crippen LogP contribution in [0, 0.1) is 13.8 Å². The first-order valence-electron chi connectivity index (χ1n) is 6.62. The summed E-state index contributed by atoms with van der Waals surface area (Å²) in [5.74, 6) is 0. The minimum Gasteiger partial charge on any atom is -0.207 e. The van der Waals surface area contributed by atoms with E-state index in [9.17, 15) is 8.42 Å². The average molecular weight is 346 g/mol. The number of hydrogen-bond donors (Lipinski definition) is 0. The Morgan fingerprint density at radius 3 is 2.63 bits per heavy atom. The number of rotatable bonds is 3. The third kappa shape index (κ3) is 3.03. The van der Waals surface area contributed by atoms with E-state index in [2.05, 4.69) is 15.9 Å². The fourth-order valence-electron chi connectivity index (χ4n) is 2.45. The van der Waals surface area contributed by atoms with Crippen LogP contribution in [0.3, 0.4) is 0 Å². The van der Waals surface area contributed by atoms with E-state index in [1.54, 1.807) is 16.4 Å². The molecule has 3 nitrogen and oxygen atoms in total. The molecule has 0 bridgehead atoms. The zero-order chi connectivity index (χ0) is 14.0. The van der Waals surface area contributed by atoms with Crippen LogP contribution in [0.4, 0.5) is 0 Å². The molecule has 1 atom stereocenters. The predicted molar refractivity (Wildman–Crippen MR) is 81.2 cm³/mol. The number of benzene rings is 1. The minimum absolute atomic E-state index is 0.0837. The lowest BCUT2D eigenvalue weighted by atomic mass is 10.1. The molecule has 0 spiro atoms. The molecule has 1 aromatic rings. The van der Waals surface area contributed by atoms with E-state index in [1.165, 1.54) is 0 Å². The van der Waals surface area contributed by atoms with Crippen molar-refractivity contribution in [3.05, 3.63) is 29.3 Å². The molecule has 1 aromatic carbocycles. The number of sulfonamides is 1. The van der Waals surface area contributed by atoms with Crippen LogP contribution in [0.1, 0.15) is 30.4 Å². The van der Waals surface area contributed by atoms with E-state index in [-0.39, 0.29) is 6.04 Å². The van der Waals surface area contributed by atoms with Gasteiger partial charge in [0.2, 0.25) is 10.0 Å². The van der Waals surface area contributed by atoms with Crippen LogP contribution in [-0.2, 0) is 10.0 Å². The Balaban J connectivity index is 2.37. The molecule has 1 unspecified atom stereocenters. The highest BCUT2D eigenvalue weighted by atomic mass is 79.9. The fraction of sp³-hybridized carbons (Fsp3) is 0.571. The Labute approximate surface area is 124 Å². The first kappa shape index (κ1) is 15.0. The molecule has 0 amide bonds. The Kier molecular flexibility index (Phi) is 4.69. The highest BCUT2D eigenvalue weighted by Gasteiger charge is 2.32. The second-order valence-corrected chi connectivity index (χ2v) is 7.70. The SMILES string of the molecule is Cc1ccc(S(=O)(=O)N2CCCCC2CBr)cc1C. The number of alkyl halides is 1. The zero-order valence-corrected chi connectivity index (χ0v) is 13.8. The van der Waals surface area contributed by atoms with E-state index in [1.807, 2.05) is 19.9 Å². The lowest BCUT2D eigenvalue weighted by Crippen LogP contribution is -2.44. The molecule has 0 aromatic heterocycles. The Morgan fingerprint density at radius 2 is 2.00 bits per heavy atom. The lowest BCUT2D eigenvalue weighted by molar-refractivity contribution is 0.273. The number of piperidine rings is 1. The van der Waals surface area contributed by atoms with Gasteiger partial charge in [-0.25, -0.2) is 8.42 Å². The van der Waals surface area contributed by atoms with E-state index in [4.69, 9.17) is 0 Å². The van der Waals surface area contributed by atoms with Gasteiger partial charge in [0.15, 0.2) is 0 Å². The molecule has 0 aliphatic carbocycles. The van der Waals surface area contributed by atoms with Gasteiger partial charge in [0.1, 0.15) is 0 Å². The molecule has 1 aliphatic rings. The van der Waals surface area contributed by atoms with Gasteiger partial charge in [-0.3, -0.25) is 0 Å². The van der Waals surface area contributed by atoms with E-state index in [0.29, 0.717) is 16.8 Å². The van der Waals surface area contributed by atoms with Crippen molar-refractivity contribution in [3.63, 3.8) is 0 Å². The van der Waals surface area contributed by atoms with Gasteiger partial charge < -0.3 is 0 Å². The summed E-state index contributed by atoms with van der Waals surface area (Å²) >= 11 is 3.44. The molecule has 106 valence electrons. The maximum absolute atomic E-state index is 12.7. The highest BCUT2D eigenvalue weighted by Crippen LogP contribution is 2.27. The number of hydrogen-bond acceptors (Lipinski definition) is 2. The highest BCUT2D eigenvalue weighted by molar-refractivity contribution is 9.09. The van der Waals surface area contributed by atoms with Crippen LogP contribution in [0.15, 0.2) is 23.1 Å². The van der Waals surface area contributed by atoms with Gasteiger partial charge >= 0.3 is 0 Å². The first-order valence-corrected chi connectivity index (χ1v) is 9.18. The number of halogens is 1. The molecule has 1 saturated heterocycles. The molecule has 19 heavy (non-hydrogen) atoms. The van der Waals surface area contributed by atoms with Gasteiger partial charge in [-0.1, -0.05) is 28.4 Å². The third-order valence-electron chi connectivity index (χ3n) is 3.84. The van der Waals surface area contributed by atoms with Gasteiger partial charge in [-0.2, -0.15) is 4.31 Å². The summed E-state index contributed by atoms with van der Waals surface area (Å²) in [6.45, 7) is 4.58. The monoisotopic (exact) mass is 345 g/mol. The van der Waals surface area contributed by atoms with Crippen molar-refractivity contribution in [1.29, 1.82) is 0 Å². The first-order chi connectivity index (χ1) is 8.96. The van der Waals surface area contributed by atoms with Crippen molar-refractivity contribution in [2.75, 3.05) is 11.9 Å². The third-order valence-corrected chi connectivity index (χ3v) is 6.53. The number of nitrogens with zero attached hydrogens (tertiary/aromatic N) is 1. The zero-order valence-electron chi connectivity index (χ0n) is 11.4. The van der Waals surface area contributed by atoms with Gasteiger partial charge in [0.05, 0.1) is 4.90 Å². The molecular formula is C14H20BrNO2S. The predicted octanol–water partition coefficient (Wildman–Crippen LogP) is 3.24. The molecule has 1 aliphatic heterocycles. The van der Waals surface area contributed by atoms with Gasteiger partial charge in [-0.05, 0) is 49.9 Å². The second-order valence-electron chi connectivity index (χ2n) is 5.17. The maximum Gasteiger partial charge on any atom is 0.243 e. The summed E-state index contributed by atoms with van der Waals surface area (Å²) in [7, 11) is -3.36. The molecule has 0 N–H and O–H groups in total. The minimum atomic E-state index is -3.36. The normalized spacial score (nSPS) is 21.5. The van der Waals surface area contributed by atoms with Crippen molar-refractivity contribution in [1.82, 2.24) is 4.31 Å². The summed E-state index contributed by atoms with van der Waals surface area (Å²) in [5.41, 5.74) is 2.14. The van der Waals surface area contributed by atoms with Crippen molar-refractivity contribution in [2.24, 2.45) is 0 Å². The molecule has 1 heterocycles. The maximum atomic E-state index is 12.7. The van der Waals surface area contributed by atoms with Crippen molar-refractivity contribution in [3.8, 4) is 0 Å². The summed E-state index contributed by atoms with van der Waals surface area (Å²) in [5, 5.41) is 0.705. The fourth-order valence-corrected chi connectivity index (χ4v) is 5.10. The van der Waals surface area contributed by atoms with Crippen LogP contribution in [0.25, 0.3) is 0 Å². The molecular weight excluding hydrogens is 326 g/mol. The molecule has 0 radical (unpaired) electrons. The standard InChI is InChI=1S/C14H20BrNO2S/c1-11-6-7-14(9-12(11)2)19(17,18)16-8-4-3-5-13(16)10-15/h6-7,9,13H,3-5,8,10H2,1-2H3. The van der Waals surface area contributed by atoms with Crippen LogP contribution in [-0.4, -0.2) is 30.6 Å². The topological polar surface area (TPSA) is 37.4 Å². The van der Waals surface area contributed by atoms with Crippen LogP contribution >= 0.6 is 15.9 Å². The molecule has 1 fully saturated rings. The van der Waals surface area contributed by atoms with Crippen molar-refractivity contribution >= 4 is 26.0 Å². The summed E-state index contributed by atoms with van der Waals surface area (Å²) in [6.07, 6.45) is 3.00. The molecule has 2 rings (SSSR count). The van der Waals surface area contributed by atoms with E-state index in [0.717, 1.165) is 30.4 Å². The largest absolute Gasteiger partial charge is 0.243 e. The Hall–Kier alpha value is -0.390.